The van der Waals surface area contributed by atoms with Gasteiger partial charge in [0.25, 0.3) is 0 Å². The minimum absolute atomic E-state index is 0.0558. The van der Waals surface area contributed by atoms with Gasteiger partial charge in [-0.05, 0) is 68.7 Å². The summed E-state index contributed by atoms with van der Waals surface area (Å²) in [5.74, 6) is 0.138. The number of benzene rings is 2. The van der Waals surface area contributed by atoms with Crippen LogP contribution in [-0.2, 0) is 26.2 Å². The van der Waals surface area contributed by atoms with Gasteiger partial charge in [-0.25, -0.2) is 8.42 Å². The highest BCUT2D eigenvalue weighted by Gasteiger charge is 2.28. The Morgan fingerprint density at radius 3 is 2.24 bits per heavy atom. The number of hydrogen-bond acceptors (Lipinski definition) is 5. The summed E-state index contributed by atoms with van der Waals surface area (Å²) in [5.41, 5.74) is 1.22. The Hall–Kier alpha value is -2.49. The van der Waals surface area contributed by atoms with Crippen molar-refractivity contribution in [3.8, 4) is 5.75 Å². The van der Waals surface area contributed by atoms with Crippen molar-refractivity contribution >= 4 is 50.7 Å². The van der Waals surface area contributed by atoms with Gasteiger partial charge in [0.15, 0.2) is 0 Å². The first-order valence-electron chi connectivity index (χ1n) is 12.2. The number of anilines is 1. The number of nitrogens with one attached hydrogen (secondary N) is 1. The zero-order chi connectivity index (χ0) is 27.6. The summed E-state index contributed by atoms with van der Waals surface area (Å²) in [7, 11) is -3.58. The average molecular weight is 573 g/mol. The van der Waals surface area contributed by atoms with Crippen molar-refractivity contribution < 1.29 is 22.7 Å². The Morgan fingerprint density at radius 1 is 1.03 bits per heavy atom. The highest BCUT2D eigenvalue weighted by molar-refractivity contribution is 7.92. The number of amides is 2. The molecule has 1 atom stereocenters. The van der Waals surface area contributed by atoms with Crippen molar-refractivity contribution in [1.82, 2.24) is 10.2 Å². The van der Waals surface area contributed by atoms with E-state index in [0.717, 1.165) is 11.8 Å². The summed E-state index contributed by atoms with van der Waals surface area (Å²) >= 11 is 12.2. The van der Waals surface area contributed by atoms with Gasteiger partial charge in [-0.3, -0.25) is 13.9 Å². The van der Waals surface area contributed by atoms with E-state index in [4.69, 9.17) is 27.9 Å². The Morgan fingerprint density at radius 2 is 1.70 bits per heavy atom. The van der Waals surface area contributed by atoms with Gasteiger partial charge in [-0.2, -0.15) is 0 Å². The predicted molar refractivity (Wildman–Crippen MR) is 149 cm³/mol. The van der Waals surface area contributed by atoms with Gasteiger partial charge in [0.2, 0.25) is 21.8 Å². The minimum atomic E-state index is -3.58. The second-order valence-electron chi connectivity index (χ2n) is 8.45. The van der Waals surface area contributed by atoms with E-state index in [2.05, 4.69) is 5.32 Å². The molecular formula is C26H35Cl2N3O5S. The van der Waals surface area contributed by atoms with Gasteiger partial charge in [0.05, 0.1) is 28.6 Å². The lowest BCUT2D eigenvalue weighted by Crippen LogP contribution is -2.49. The van der Waals surface area contributed by atoms with Crippen LogP contribution in [0.15, 0.2) is 42.5 Å². The van der Waals surface area contributed by atoms with Gasteiger partial charge in [-0.1, -0.05) is 36.2 Å². The summed E-state index contributed by atoms with van der Waals surface area (Å²) in [6, 6.07) is 11.2. The third-order valence-corrected chi connectivity index (χ3v) is 7.59. The van der Waals surface area contributed by atoms with Crippen molar-refractivity contribution in [2.24, 2.45) is 0 Å². The molecule has 0 saturated heterocycles. The number of likely N-dealkylation sites (N-methyl/N-ethyl adjacent to an activating group) is 1. The Bertz CT molecular complexity index is 1160. The van der Waals surface area contributed by atoms with Gasteiger partial charge in [0.1, 0.15) is 11.8 Å². The molecular weight excluding hydrogens is 537 g/mol. The van der Waals surface area contributed by atoms with Crippen molar-refractivity contribution in [3.63, 3.8) is 0 Å². The first-order chi connectivity index (χ1) is 17.5. The molecule has 2 amide bonds. The van der Waals surface area contributed by atoms with Crippen LogP contribution in [0.4, 0.5) is 5.69 Å². The summed E-state index contributed by atoms with van der Waals surface area (Å²) in [4.78, 5) is 27.7. The third-order valence-electron chi connectivity index (χ3n) is 5.66. The smallest absolute Gasteiger partial charge is 0.242 e. The lowest BCUT2D eigenvalue weighted by atomic mass is 10.1. The minimum Gasteiger partial charge on any atom is -0.494 e. The van der Waals surface area contributed by atoms with Crippen LogP contribution in [0.1, 0.15) is 45.6 Å². The van der Waals surface area contributed by atoms with Crippen molar-refractivity contribution in [1.29, 1.82) is 0 Å². The molecule has 0 aliphatic rings. The molecule has 1 N–H and O–H groups in total. The molecule has 0 fully saturated rings. The van der Waals surface area contributed by atoms with Crippen LogP contribution in [0.5, 0.6) is 5.75 Å². The highest BCUT2D eigenvalue weighted by Crippen LogP contribution is 2.25. The predicted octanol–water partition coefficient (Wildman–Crippen LogP) is 4.88. The van der Waals surface area contributed by atoms with E-state index < -0.39 is 16.1 Å². The molecule has 8 nitrogen and oxygen atoms in total. The number of rotatable bonds is 14. The van der Waals surface area contributed by atoms with Gasteiger partial charge >= 0.3 is 0 Å². The SMILES string of the molecule is CCNC(=O)C(CC)N(Cc1ccc(Cl)c(Cl)c1)C(=O)CCCN(c1ccc(OCC)cc1)S(C)(=O)=O. The maximum atomic E-state index is 13.4. The van der Waals surface area contributed by atoms with Gasteiger partial charge in [0, 0.05) is 26.1 Å². The van der Waals surface area contributed by atoms with Crippen LogP contribution in [0, 0.1) is 0 Å². The first-order valence-corrected chi connectivity index (χ1v) is 14.8. The second-order valence-corrected chi connectivity index (χ2v) is 11.2. The molecule has 37 heavy (non-hydrogen) atoms. The number of carbonyl (C=O) groups is 2. The average Bonchev–Trinajstić information content (AvgIpc) is 2.84. The molecule has 2 aromatic rings. The van der Waals surface area contributed by atoms with Crippen LogP contribution in [0.25, 0.3) is 0 Å². The zero-order valence-electron chi connectivity index (χ0n) is 21.7. The lowest BCUT2D eigenvalue weighted by molar-refractivity contribution is -0.141. The molecule has 0 radical (unpaired) electrons. The van der Waals surface area contributed by atoms with Crippen molar-refractivity contribution in [2.45, 2.75) is 52.6 Å². The molecule has 204 valence electrons. The fourth-order valence-corrected chi connectivity index (χ4v) is 5.21. The normalized spacial score (nSPS) is 12.1. The topological polar surface area (TPSA) is 96.0 Å². The standard InChI is InChI=1S/C26H35Cl2N3O5S/c1-5-24(26(33)29-6-2)30(18-19-10-15-22(27)23(28)17-19)25(32)9-8-16-31(37(4,34)35)20-11-13-21(14-12-20)36-7-3/h10-15,17,24H,5-9,16,18H2,1-4H3,(H,29,33). The molecule has 0 aliphatic heterocycles. The Labute approximate surface area is 229 Å². The Kier molecular flexibility index (Phi) is 12.0. The van der Waals surface area contributed by atoms with Crippen LogP contribution < -0.4 is 14.4 Å². The van der Waals surface area contributed by atoms with E-state index in [1.165, 1.54) is 9.21 Å². The van der Waals surface area contributed by atoms with Gasteiger partial charge in [-0.15, -0.1) is 0 Å². The fourth-order valence-electron chi connectivity index (χ4n) is 3.93. The summed E-state index contributed by atoms with van der Waals surface area (Å²) in [5, 5.41) is 3.55. The van der Waals surface area contributed by atoms with Crippen molar-refractivity contribution in [2.75, 3.05) is 30.3 Å². The maximum absolute atomic E-state index is 13.4. The molecule has 2 aromatic carbocycles. The number of carbonyl (C=O) groups excluding carboxylic acids is 2. The summed E-state index contributed by atoms with van der Waals surface area (Å²) in [6.07, 6.45) is 1.87. The van der Waals surface area contributed by atoms with Crippen LogP contribution >= 0.6 is 23.2 Å². The molecule has 0 heterocycles. The number of hydrogen-bond donors (Lipinski definition) is 1. The number of halogens is 2. The fraction of sp³-hybridized carbons (Fsp3) is 0.462. The van der Waals surface area contributed by atoms with Crippen LogP contribution in [0.2, 0.25) is 10.0 Å². The van der Waals surface area contributed by atoms with E-state index in [9.17, 15) is 18.0 Å². The third kappa shape index (κ3) is 9.09. The molecule has 1 unspecified atom stereocenters. The molecule has 0 saturated carbocycles. The monoisotopic (exact) mass is 571 g/mol. The molecule has 0 bridgehead atoms. The quantitative estimate of drug-likeness (QED) is 0.348. The van der Waals surface area contributed by atoms with E-state index in [1.807, 2.05) is 20.8 Å². The number of ether oxygens (including phenoxy) is 1. The number of nitrogens with zero attached hydrogens (tertiary/aromatic N) is 2. The Balaban J connectivity index is 2.21. The summed E-state index contributed by atoms with van der Waals surface area (Å²) < 4.78 is 31.7. The maximum Gasteiger partial charge on any atom is 0.242 e. The van der Waals surface area contributed by atoms with E-state index in [1.54, 1.807) is 42.5 Å². The van der Waals surface area contributed by atoms with Crippen molar-refractivity contribution in [3.05, 3.63) is 58.1 Å². The van der Waals surface area contributed by atoms with E-state index in [-0.39, 0.29) is 37.7 Å². The van der Waals surface area contributed by atoms with Gasteiger partial charge < -0.3 is 15.0 Å². The molecule has 11 heteroatoms. The first kappa shape index (κ1) is 30.7. The highest BCUT2D eigenvalue weighted by atomic mass is 35.5. The summed E-state index contributed by atoms with van der Waals surface area (Å²) in [6.45, 7) is 6.74. The lowest BCUT2D eigenvalue weighted by Gasteiger charge is -2.31. The number of sulfonamides is 1. The van der Waals surface area contributed by atoms with E-state index in [0.29, 0.717) is 41.1 Å². The molecule has 2 rings (SSSR count). The zero-order valence-corrected chi connectivity index (χ0v) is 24.0. The van der Waals surface area contributed by atoms with Crippen LogP contribution in [-0.4, -0.2) is 57.1 Å². The second kappa shape index (κ2) is 14.4. The largest absolute Gasteiger partial charge is 0.494 e. The van der Waals surface area contributed by atoms with E-state index >= 15 is 0 Å². The van der Waals surface area contributed by atoms with Crippen LogP contribution in [0.3, 0.4) is 0 Å². The molecule has 0 aromatic heterocycles. The molecule has 0 aliphatic carbocycles. The molecule has 0 spiro atoms.